The van der Waals surface area contributed by atoms with Gasteiger partial charge in [-0.15, -0.1) is 12.4 Å². The molecule has 2 aromatic rings. The molecule has 0 spiro atoms. The number of hydrogen-bond acceptors (Lipinski definition) is 3. The van der Waals surface area contributed by atoms with E-state index in [0.717, 1.165) is 17.2 Å². The molecule has 0 aliphatic rings. The summed E-state index contributed by atoms with van der Waals surface area (Å²) in [4.78, 5) is 5.66. The van der Waals surface area contributed by atoms with E-state index in [2.05, 4.69) is 51.4 Å². The van der Waals surface area contributed by atoms with E-state index in [1.165, 1.54) is 12.3 Å². The molecule has 162 valence electrons. The van der Waals surface area contributed by atoms with Gasteiger partial charge in [0.15, 0.2) is 0 Å². The van der Waals surface area contributed by atoms with Crippen molar-refractivity contribution in [3.05, 3.63) is 47.3 Å². The zero-order chi connectivity index (χ0) is 21.5. The first-order valence-electron chi connectivity index (χ1n) is 9.22. The number of aromatic hydroxyl groups is 1. The molecule has 0 atom stereocenters. The van der Waals surface area contributed by atoms with Gasteiger partial charge in [-0.3, -0.25) is 9.88 Å². The first kappa shape index (κ1) is 25.2. The molecule has 1 aromatic carbocycles. The number of alkyl halides is 3. The number of halogens is 4. The molecule has 7 heteroatoms. The Hall–Kier alpha value is -1.79. The quantitative estimate of drug-likeness (QED) is 0.610. The van der Waals surface area contributed by atoms with Crippen molar-refractivity contribution >= 4 is 12.4 Å². The fourth-order valence-corrected chi connectivity index (χ4v) is 2.68. The largest absolute Gasteiger partial charge is 0.507 e. The maximum atomic E-state index is 12.8. The number of phenols is 1. The van der Waals surface area contributed by atoms with Crippen LogP contribution in [-0.4, -0.2) is 27.6 Å². The lowest BCUT2D eigenvalue weighted by molar-refractivity contribution is -0.141. The molecule has 1 aromatic heterocycles. The summed E-state index contributed by atoms with van der Waals surface area (Å²) in [5.41, 5.74) is 1.45. The van der Waals surface area contributed by atoms with E-state index in [0.29, 0.717) is 17.7 Å². The lowest BCUT2D eigenvalue weighted by atomic mass is 9.83. The summed E-state index contributed by atoms with van der Waals surface area (Å²) in [5.74, 6) is 0.0747. The Kier molecular flexibility index (Phi) is 7.42. The van der Waals surface area contributed by atoms with Crippen LogP contribution in [-0.2, 0) is 18.1 Å². The summed E-state index contributed by atoms with van der Waals surface area (Å²) < 4.78 is 38.5. The van der Waals surface area contributed by atoms with Crippen LogP contribution in [0.15, 0.2) is 30.5 Å². The molecule has 0 aliphatic heterocycles. The maximum absolute atomic E-state index is 12.8. The molecule has 0 radical (unpaired) electrons. The van der Waals surface area contributed by atoms with Crippen LogP contribution < -0.4 is 0 Å². The van der Waals surface area contributed by atoms with Gasteiger partial charge in [0.05, 0.1) is 0 Å². The summed E-state index contributed by atoms with van der Waals surface area (Å²) >= 11 is 0. The number of rotatable bonds is 3. The van der Waals surface area contributed by atoms with Gasteiger partial charge in [0.1, 0.15) is 11.4 Å². The minimum atomic E-state index is -4.49. The van der Waals surface area contributed by atoms with Crippen molar-refractivity contribution in [2.45, 2.75) is 65.2 Å². The summed E-state index contributed by atoms with van der Waals surface area (Å²) in [5, 5.41) is 10.9. The summed E-state index contributed by atoms with van der Waals surface area (Å²) in [6.07, 6.45) is -3.32. The van der Waals surface area contributed by atoms with Gasteiger partial charge < -0.3 is 5.11 Å². The van der Waals surface area contributed by atoms with E-state index in [-0.39, 0.29) is 29.1 Å². The molecule has 0 saturated heterocycles. The Morgan fingerprint density at radius 3 is 2.00 bits per heavy atom. The molecular weight excluding hydrogens is 401 g/mol. The molecule has 1 heterocycles. The van der Waals surface area contributed by atoms with Crippen molar-refractivity contribution in [3.8, 4) is 16.9 Å². The highest BCUT2D eigenvalue weighted by molar-refractivity contribution is 5.85. The number of phenolic OH excluding ortho intramolecular Hbond substituents is 1. The molecule has 2 rings (SSSR count). The number of benzene rings is 1. The third kappa shape index (κ3) is 6.09. The zero-order valence-electron chi connectivity index (χ0n) is 18.0. The highest BCUT2D eigenvalue weighted by Gasteiger charge is 2.32. The fraction of sp³-hybridized carbons (Fsp3) is 0.500. The van der Waals surface area contributed by atoms with Crippen LogP contribution in [0.5, 0.6) is 5.75 Å². The van der Waals surface area contributed by atoms with Crippen LogP contribution in [0.2, 0.25) is 0 Å². The van der Waals surface area contributed by atoms with E-state index >= 15 is 0 Å². The van der Waals surface area contributed by atoms with Crippen LogP contribution in [0, 0.1) is 0 Å². The smallest absolute Gasteiger partial charge is 0.433 e. The highest BCUT2D eigenvalue weighted by Crippen LogP contribution is 2.38. The lowest BCUT2D eigenvalue weighted by Gasteiger charge is -2.33. The molecule has 0 fully saturated rings. The molecule has 0 unspecified atom stereocenters. The summed E-state index contributed by atoms with van der Waals surface area (Å²) in [6, 6.07) is 6.10. The van der Waals surface area contributed by atoms with E-state index in [4.69, 9.17) is 0 Å². The van der Waals surface area contributed by atoms with Crippen molar-refractivity contribution in [2.24, 2.45) is 0 Å². The first-order chi connectivity index (χ1) is 12.6. The Balaban J connectivity index is 0.00000420. The van der Waals surface area contributed by atoms with E-state index in [9.17, 15) is 18.3 Å². The number of pyridine rings is 1. The zero-order valence-corrected chi connectivity index (χ0v) is 18.8. The van der Waals surface area contributed by atoms with Gasteiger partial charge in [-0.05, 0) is 50.9 Å². The van der Waals surface area contributed by atoms with E-state index < -0.39 is 11.9 Å². The van der Waals surface area contributed by atoms with Crippen LogP contribution in [0.3, 0.4) is 0 Å². The molecule has 0 amide bonds. The molecular formula is C22H30ClF3N2O. The topological polar surface area (TPSA) is 36.4 Å². The molecule has 0 saturated carbocycles. The lowest BCUT2D eigenvalue weighted by Crippen LogP contribution is -2.37. The predicted molar refractivity (Wildman–Crippen MR) is 114 cm³/mol. The Bertz CT molecular complexity index is 835. The number of nitrogens with zero attached hydrogens (tertiary/aromatic N) is 2. The maximum Gasteiger partial charge on any atom is 0.433 e. The van der Waals surface area contributed by atoms with Gasteiger partial charge >= 0.3 is 6.18 Å². The predicted octanol–water partition coefficient (Wildman–Crippen LogP) is 6.42. The average molecular weight is 431 g/mol. The van der Waals surface area contributed by atoms with Gasteiger partial charge in [0.2, 0.25) is 0 Å². The van der Waals surface area contributed by atoms with E-state index in [1.807, 2.05) is 19.2 Å². The molecule has 0 aliphatic carbocycles. The number of aromatic nitrogens is 1. The Labute approximate surface area is 177 Å². The second-order valence-electron chi connectivity index (χ2n) is 9.24. The van der Waals surface area contributed by atoms with Gasteiger partial charge in [-0.2, -0.15) is 13.2 Å². The molecule has 0 bridgehead atoms. The second kappa shape index (κ2) is 8.52. The SMILES string of the molecule is CN(Cc1cc(C(C)(C)C)cc(-c2ccc(C(F)(F)F)nc2)c1O)C(C)(C)C.Cl. The van der Waals surface area contributed by atoms with Crippen molar-refractivity contribution in [1.82, 2.24) is 9.88 Å². The summed E-state index contributed by atoms with van der Waals surface area (Å²) in [7, 11) is 1.97. The van der Waals surface area contributed by atoms with Gasteiger partial charge in [-0.1, -0.05) is 32.9 Å². The number of hydrogen-bond donors (Lipinski definition) is 1. The third-order valence-corrected chi connectivity index (χ3v) is 4.97. The van der Waals surface area contributed by atoms with Crippen LogP contribution in [0.4, 0.5) is 13.2 Å². The van der Waals surface area contributed by atoms with Crippen molar-refractivity contribution in [2.75, 3.05) is 7.05 Å². The second-order valence-corrected chi connectivity index (χ2v) is 9.24. The molecule has 3 nitrogen and oxygen atoms in total. The van der Waals surface area contributed by atoms with Crippen LogP contribution >= 0.6 is 12.4 Å². The van der Waals surface area contributed by atoms with Crippen molar-refractivity contribution < 1.29 is 18.3 Å². The standard InChI is InChI=1S/C22H29F3N2O.ClH/c1-20(2,3)16-10-15(13-27(7)21(4,5)6)19(28)17(11-16)14-8-9-18(26-12-14)22(23,24)25;/h8-12,28H,13H2,1-7H3;1H. The molecule has 29 heavy (non-hydrogen) atoms. The average Bonchev–Trinajstić information content (AvgIpc) is 2.54. The van der Waals surface area contributed by atoms with Gasteiger partial charge in [0, 0.05) is 35.0 Å². The summed E-state index contributed by atoms with van der Waals surface area (Å²) in [6.45, 7) is 12.9. The Morgan fingerprint density at radius 1 is 1.00 bits per heavy atom. The minimum absolute atomic E-state index is 0. The fourth-order valence-electron chi connectivity index (χ4n) is 2.68. The normalized spacial score (nSPS) is 12.8. The highest BCUT2D eigenvalue weighted by atomic mass is 35.5. The Morgan fingerprint density at radius 2 is 1.59 bits per heavy atom. The van der Waals surface area contributed by atoms with Crippen molar-refractivity contribution in [3.63, 3.8) is 0 Å². The third-order valence-electron chi connectivity index (χ3n) is 4.97. The van der Waals surface area contributed by atoms with E-state index in [1.54, 1.807) is 0 Å². The first-order valence-corrected chi connectivity index (χ1v) is 9.22. The van der Waals surface area contributed by atoms with Crippen LogP contribution in [0.25, 0.3) is 11.1 Å². The monoisotopic (exact) mass is 430 g/mol. The van der Waals surface area contributed by atoms with Gasteiger partial charge in [-0.25, -0.2) is 0 Å². The van der Waals surface area contributed by atoms with Crippen molar-refractivity contribution in [1.29, 1.82) is 0 Å². The minimum Gasteiger partial charge on any atom is -0.507 e. The van der Waals surface area contributed by atoms with Gasteiger partial charge in [0.25, 0.3) is 0 Å². The molecule has 1 N–H and O–H groups in total. The van der Waals surface area contributed by atoms with Crippen LogP contribution in [0.1, 0.15) is 58.4 Å².